The van der Waals surface area contributed by atoms with Gasteiger partial charge in [-0.2, -0.15) is 13.2 Å². The molecule has 0 aliphatic heterocycles. The van der Waals surface area contributed by atoms with Gasteiger partial charge in [-0.3, -0.25) is 10.1 Å². The van der Waals surface area contributed by atoms with Crippen LogP contribution in [0.25, 0.3) is 0 Å². The summed E-state index contributed by atoms with van der Waals surface area (Å²) in [4.78, 5) is 44.2. The van der Waals surface area contributed by atoms with Crippen LogP contribution in [-0.2, 0) is 39.6 Å². The Bertz CT molecular complexity index is 1480. The number of ether oxygens (including phenoxy) is 2. The van der Waals surface area contributed by atoms with Crippen molar-refractivity contribution in [1.82, 2.24) is 19.1 Å². The molecule has 13 nitrogen and oxygen atoms in total. The van der Waals surface area contributed by atoms with Crippen LogP contribution in [0.5, 0.6) is 0 Å². The van der Waals surface area contributed by atoms with Gasteiger partial charge >= 0.3 is 18.2 Å². The maximum atomic E-state index is 12.7. The number of hydrogen-bond donors (Lipinski definition) is 2. The third-order valence-corrected chi connectivity index (χ3v) is 6.71. The molecule has 1 aromatic carbocycles. The molecule has 39 heavy (non-hydrogen) atoms. The average molecular weight is 573 g/mol. The monoisotopic (exact) mass is 572 g/mol. The summed E-state index contributed by atoms with van der Waals surface area (Å²) in [5, 5.41) is 4.71. The lowest BCUT2D eigenvalue weighted by Gasteiger charge is -2.09. The van der Waals surface area contributed by atoms with Gasteiger partial charge in [-0.1, -0.05) is 0 Å². The Morgan fingerprint density at radius 2 is 1.49 bits per heavy atom. The summed E-state index contributed by atoms with van der Waals surface area (Å²) in [6, 6.07) is 2.92. The number of nitrogens with one attached hydrogen (secondary N) is 2. The van der Waals surface area contributed by atoms with Gasteiger partial charge in [-0.15, -0.1) is 0 Å². The molecule has 0 atom stereocenters. The molecule has 0 radical (unpaired) electrons. The molecule has 0 aliphatic rings. The normalized spacial score (nSPS) is 11.6. The Morgan fingerprint density at radius 3 is 2.08 bits per heavy atom. The number of carbonyl (C=O) groups is 3. The Labute approximate surface area is 219 Å². The van der Waals surface area contributed by atoms with E-state index in [0.717, 1.165) is 12.1 Å². The Balaban J connectivity index is 1.55. The number of halogens is 3. The standard InChI is InChI=1S/C22H23F3N6O7S/c1-4-37-20(33)18-27-15(11-31(18)3)28-19(32)17-26-16(12-30(17)2)29-21(34)38-9-10-39(35,36)14-7-5-13(6-8-14)22(23,24)25/h5-8,11-12H,4,9-10H2,1-3H3,(H,28,32)(H,29,34). The summed E-state index contributed by atoms with van der Waals surface area (Å²) in [5.74, 6) is -2.27. The molecule has 2 amide bonds. The van der Waals surface area contributed by atoms with Crippen molar-refractivity contribution in [3.05, 3.63) is 53.9 Å². The van der Waals surface area contributed by atoms with Gasteiger partial charge < -0.3 is 23.9 Å². The highest BCUT2D eigenvalue weighted by Crippen LogP contribution is 2.29. The Morgan fingerprint density at radius 1 is 0.923 bits per heavy atom. The molecular formula is C22H23F3N6O7S. The largest absolute Gasteiger partial charge is 0.460 e. The molecule has 0 bridgehead atoms. The number of carbonyl (C=O) groups excluding carboxylic acids is 3. The topological polar surface area (TPSA) is 164 Å². The number of benzene rings is 1. The summed E-state index contributed by atoms with van der Waals surface area (Å²) in [5.41, 5.74) is -0.998. The van der Waals surface area contributed by atoms with Gasteiger partial charge in [0, 0.05) is 26.5 Å². The summed E-state index contributed by atoms with van der Waals surface area (Å²) in [6.07, 6.45) is -3.01. The minimum atomic E-state index is -4.61. The molecule has 0 unspecified atom stereocenters. The highest BCUT2D eigenvalue weighted by molar-refractivity contribution is 7.91. The van der Waals surface area contributed by atoms with Crippen LogP contribution in [0.15, 0.2) is 41.6 Å². The van der Waals surface area contributed by atoms with Crippen LogP contribution < -0.4 is 10.6 Å². The maximum absolute atomic E-state index is 12.7. The quantitative estimate of drug-likeness (QED) is 0.367. The van der Waals surface area contributed by atoms with E-state index in [1.807, 2.05) is 0 Å². The van der Waals surface area contributed by atoms with Crippen molar-refractivity contribution >= 4 is 39.4 Å². The van der Waals surface area contributed by atoms with Crippen molar-refractivity contribution in [2.75, 3.05) is 29.6 Å². The van der Waals surface area contributed by atoms with Gasteiger partial charge in [0.05, 0.1) is 22.8 Å². The molecule has 2 heterocycles. The average Bonchev–Trinajstić information content (AvgIpc) is 3.39. The predicted octanol–water partition coefficient (Wildman–Crippen LogP) is 2.62. The van der Waals surface area contributed by atoms with E-state index in [1.54, 1.807) is 6.92 Å². The van der Waals surface area contributed by atoms with Crippen molar-refractivity contribution < 1.29 is 45.4 Å². The fourth-order valence-electron chi connectivity index (χ4n) is 3.18. The van der Waals surface area contributed by atoms with Crippen LogP contribution in [0.4, 0.5) is 29.6 Å². The highest BCUT2D eigenvalue weighted by atomic mass is 32.2. The second-order valence-electron chi connectivity index (χ2n) is 7.90. The zero-order chi connectivity index (χ0) is 29.0. The van der Waals surface area contributed by atoms with Crippen LogP contribution in [0.1, 0.15) is 33.7 Å². The first-order chi connectivity index (χ1) is 18.2. The van der Waals surface area contributed by atoms with E-state index in [9.17, 15) is 36.0 Å². The third-order valence-electron chi connectivity index (χ3n) is 5.01. The molecule has 0 aliphatic carbocycles. The molecule has 17 heteroatoms. The van der Waals surface area contributed by atoms with E-state index in [2.05, 4.69) is 20.6 Å². The molecule has 0 spiro atoms. The highest BCUT2D eigenvalue weighted by Gasteiger charge is 2.30. The third kappa shape index (κ3) is 7.34. The molecular weight excluding hydrogens is 549 g/mol. The second kappa shape index (κ2) is 11.5. The number of alkyl halides is 3. The number of nitrogens with zero attached hydrogens (tertiary/aromatic N) is 4. The van der Waals surface area contributed by atoms with Crippen LogP contribution in [0, 0.1) is 0 Å². The van der Waals surface area contributed by atoms with E-state index >= 15 is 0 Å². The number of aromatic nitrogens is 4. The minimum Gasteiger partial charge on any atom is -0.460 e. The Hall–Kier alpha value is -4.41. The van der Waals surface area contributed by atoms with Crippen LogP contribution in [0.3, 0.4) is 0 Å². The summed E-state index contributed by atoms with van der Waals surface area (Å²) < 4.78 is 75.0. The van der Waals surface area contributed by atoms with E-state index in [0.29, 0.717) is 12.1 Å². The number of hydrogen-bond acceptors (Lipinski definition) is 9. The summed E-state index contributed by atoms with van der Waals surface area (Å²) in [6.45, 7) is 1.18. The molecule has 2 aromatic heterocycles. The SMILES string of the molecule is CCOC(=O)c1nc(NC(=O)c2nc(NC(=O)OCCS(=O)(=O)c3ccc(C(F)(F)F)cc3)cn2C)cn1C. The molecule has 210 valence electrons. The lowest BCUT2D eigenvalue weighted by Crippen LogP contribution is -2.20. The van der Waals surface area contributed by atoms with Crippen molar-refractivity contribution in [2.45, 2.75) is 18.0 Å². The van der Waals surface area contributed by atoms with Gasteiger partial charge in [0.15, 0.2) is 21.5 Å². The fraction of sp³-hybridized carbons (Fsp3) is 0.318. The van der Waals surface area contributed by atoms with E-state index < -0.39 is 51.9 Å². The Kier molecular flexibility index (Phi) is 8.63. The summed E-state index contributed by atoms with van der Waals surface area (Å²) >= 11 is 0. The number of anilines is 2. The molecule has 3 rings (SSSR count). The van der Waals surface area contributed by atoms with Gasteiger partial charge in [0.2, 0.25) is 11.6 Å². The maximum Gasteiger partial charge on any atom is 0.416 e. The first-order valence-corrected chi connectivity index (χ1v) is 12.8. The number of aryl methyl sites for hydroxylation is 2. The van der Waals surface area contributed by atoms with Crippen LogP contribution in [0.2, 0.25) is 0 Å². The fourth-order valence-corrected chi connectivity index (χ4v) is 4.26. The second-order valence-corrected chi connectivity index (χ2v) is 10.0. The van der Waals surface area contributed by atoms with E-state index in [1.165, 1.54) is 35.6 Å². The van der Waals surface area contributed by atoms with Crippen molar-refractivity contribution in [3.8, 4) is 0 Å². The van der Waals surface area contributed by atoms with Crippen LogP contribution in [-0.4, -0.2) is 64.5 Å². The minimum absolute atomic E-state index is 0.0302. The van der Waals surface area contributed by atoms with Crippen molar-refractivity contribution in [3.63, 3.8) is 0 Å². The smallest absolute Gasteiger partial charge is 0.416 e. The van der Waals surface area contributed by atoms with Gasteiger partial charge in [-0.25, -0.2) is 28.0 Å². The lowest BCUT2D eigenvalue weighted by atomic mass is 10.2. The van der Waals surface area contributed by atoms with Gasteiger partial charge in [0.1, 0.15) is 6.61 Å². The number of rotatable bonds is 9. The zero-order valence-electron chi connectivity index (χ0n) is 20.8. The van der Waals surface area contributed by atoms with Gasteiger partial charge in [0.25, 0.3) is 5.91 Å². The molecule has 2 N–H and O–H groups in total. The number of sulfone groups is 1. The zero-order valence-corrected chi connectivity index (χ0v) is 21.6. The number of esters is 1. The first-order valence-electron chi connectivity index (χ1n) is 11.1. The number of imidazole rings is 2. The molecule has 0 fully saturated rings. The lowest BCUT2D eigenvalue weighted by molar-refractivity contribution is -0.137. The first kappa shape index (κ1) is 29.2. The predicted molar refractivity (Wildman–Crippen MR) is 129 cm³/mol. The molecule has 0 saturated heterocycles. The van der Waals surface area contributed by atoms with Gasteiger partial charge in [-0.05, 0) is 31.2 Å². The number of amides is 2. The molecule has 3 aromatic rings. The van der Waals surface area contributed by atoms with Crippen molar-refractivity contribution in [2.24, 2.45) is 14.1 Å². The van der Waals surface area contributed by atoms with Crippen molar-refractivity contribution in [1.29, 1.82) is 0 Å². The van der Waals surface area contributed by atoms with E-state index in [-0.39, 0.29) is 34.8 Å². The van der Waals surface area contributed by atoms with Crippen LogP contribution >= 0.6 is 0 Å². The van der Waals surface area contributed by atoms with E-state index in [4.69, 9.17) is 9.47 Å². The summed E-state index contributed by atoms with van der Waals surface area (Å²) in [7, 11) is -1.02. The molecule has 0 saturated carbocycles.